The molecule has 1 saturated heterocycles. The number of imide groups is 1. The SMILES string of the molecule is CC1=CC(C)(C)N(CCCCCC(=O)ON2C(=O)CCC2=O)c2cc3c(cc21)C(c1ccccc1C(=O)[O-])=c1cc2c(cc1C3(C)C)=[N+](C)CCC2. The summed E-state index contributed by atoms with van der Waals surface area (Å²) in [4.78, 5) is 56.1. The third-order valence-electron chi connectivity index (χ3n) is 11.4. The first-order valence-corrected chi connectivity index (χ1v) is 18.5. The molecule has 9 nitrogen and oxygen atoms in total. The number of rotatable bonds is 9. The lowest BCUT2D eigenvalue weighted by atomic mass is 9.67. The number of carbonyl (C=O) groups is 4. The summed E-state index contributed by atoms with van der Waals surface area (Å²) in [5.74, 6) is -2.70. The molecule has 0 N–H and O–H groups in total. The van der Waals surface area contributed by atoms with Crippen LogP contribution in [0.25, 0.3) is 11.1 Å². The maximum absolute atomic E-state index is 12.6. The standard InChI is InChI=1S/C43H47N3O6/c1-26-25-42(2,3)45(20-11-7-8-16-39(49)52-46-37(47)17-18-38(46)48)36-24-34-32(22-30(26)36)40(28-14-9-10-15-29(28)41(50)51)31-21-27-13-12-19-44(6)35(27)23-33(31)43(34,4)5/h9-10,14-15,21-25H,7-8,11-13,16-20H2,1-6H3. The van der Waals surface area contributed by atoms with Crippen LogP contribution in [0.5, 0.6) is 0 Å². The molecule has 52 heavy (non-hydrogen) atoms. The van der Waals surface area contributed by atoms with E-state index >= 15 is 0 Å². The lowest BCUT2D eigenvalue weighted by Crippen LogP contribution is -2.46. The number of benzene rings is 3. The van der Waals surface area contributed by atoms with Gasteiger partial charge in [0.2, 0.25) is 5.36 Å². The van der Waals surface area contributed by atoms with Gasteiger partial charge in [0, 0.05) is 66.1 Å². The molecule has 270 valence electrons. The van der Waals surface area contributed by atoms with Crippen molar-refractivity contribution in [3.05, 3.63) is 104 Å². The highest BCUT2D eigenvalue weighted by Crippen LogP contribution is 2.47. The molecule has 2 amide bonds. The number of anilines is 1. The van der Waals surface area contributed by atoms with E-state index in [0.29, 0.717) is 17.0 Å². The number of hydrogen-bond donors (Lipinski definition) is 0. The lowest BCUT2D eigenvalue weighted by Gasteiger charge is -2.45. The second-order valence-electron chi connectivity index (χ2n) is 15.8. The highest BCUT2D eigenvalue weighted by Gasteiger charge is 2.39. The van der Waals surface area contributed by atoms with Crippen molar-refractivity contribution in [1.82, 2.24) is 9.64 Å². The van der Waals surface area contributed by atoms with Gasteiger partial charge >= 0.3 is 5.97 Å². The predicted molar refractivity (Wildman–Crippen MR) is 198 cm³/mol. The van der Waals surface area contributed by atoms with E-state index in [0.717, 1.165) is 77.5 Å². The Labute approximate surface area is 304 Å². The fraction of sp³-hybridized carbons (Fsp3) is 0.419. The van der Waals surface area contributed by atoms with E-state index in [1.165, 1.54) is 16.5 Å². The summed E-state index contributed by atoms with van der Waals surface area (Å²) in [6, 6.07) is 16.4. The number of amides is 2. The minimum atomic E-state index is -1.19. The summed E-state index contributed by atoms with van der Waals surface area (Å²) < 4.78 is 2.33. The lowest BCUT2D eigenvalue weighted by molar-refractivity contribution is -0.255. The molecule has 0 spiro atoms. The first-order chi connectivity index (χ1) is 24.7. The number of hydroxylamine groups is 2. The molecule has 0 atom stereocenters. The Kier molecular flexibility index (Phi) is 8.96. The Morgan fingerprint density at radius 1 is 0.885 bits per heavy atom. The van der Waals surface area contributed by atoms with Crippen molar-refractivity contribution in [3.8, 4) is 0 Å². The van der Waals surface area contributed by atoms with Crippen molar-refractivity contribution in [2.45, 2.75) is 96.9 Å². The molecular weight excluding hydrogens is 654 g/mol. The monoisotopic (exact) mass is 701 g/mol. The van der Waals surface area contributed by atoms with Gasteiger partial charge in [-0.3, -0.25) is 9.59 Å². The fourth-order valence-corrected chi connectivity index (χ4v) is 8.78. The minimum absolute atomic E-state index is 0.0752. The zero-order chi connectivity index (χ0) is 37.1. The van der Waals surface area contributed by atoms with Crippen molar-refractivity contribution < 1.29 is 29.1 Å². The number of allylic oxidation sites excluding steroid dienone is 1. The van der Waals surface area contributed by atoms with Crippen LogP contribution in [0, 0.1) is 0 Å². The molecule has 3 aliphatic heterocycles. The molecule has 0 saturated carbocycles. The molecule has 3 aromatic rings. The van der Waals surface area contributed by atoms with Crippen molar-refractivity contribution in [3.63, 3.8) is 0 Å². The highest BCUT2D eigenvalue weighted by molar-refractivity contribution is 6.01. The van der Waals surface area contributed by atoms with Gasteiger partial charge in [-0.05, 0) is 96.9 Å². The number of carboxylic acid groups (broad SMARTS) is 1. The minimum Gasteiger partial charge on any atom is -0.545 e. The van der Waals surface area contributed by atoms with E-state index in [2.05, 4.69) is 81.5 Å². The van der Waals surface area contributed by atoms with Crippen molar-refractivity contribution in [2.75, 3.05) is 25.0 Å². The Morgan fingerprint density at radius 2 is 1.62 bits per heavy atom. The normalized spacial score (nSPS) is 18.4. The highest BCUT2D eigenvalue weighted by atomic mass is 16.7. The quantitative estimate of drug-likeness (QED) is 0.187. The number of aryl methyl sites for hydroxylation is 1. The maximum atomic E-state index is 12.6. The molecule has 7 rings (SSSR count). The molecule has 1 aliphatic carbocycles. The smallest absolute Gasteiger partial charge is 0.333 e. The number of carbonyl (C=O) groups excluding carboxylic acids is 4. The molecule has 4 aliphatic rings. The van der Waals surface area contributed by atoms with Crippen LogP contribution in [-0.4, -0.2) is 54.5 Å². The summed E-state index contributed by atoms with van der Waals surface area (Å²) in [6.07, 6.45) is 6.79. The molecule has 0 bridgehead atoms. The Bertz CT molecular complexity index is 2200. The van der Waals surface area contributed by atoms with Gasteiger partial charge in [-0.1, -0.05) is 50.6 Å². The summed E-state index contributed by atoms with van der Waals surface area (Å²) in [5.41, 5.74) is 9.14. The van der Waals surface area contributed by atoms with Gasteiger partial charge in [0.15, 0.2) is 0 Å². The van der Waals surface area contributed by atoms with Gasteiger partial charge in [-0.15, -0.1) is 5.06 Å². The van der Waals surface area contributed by atoms with Crippen LogP contribution < -0.4 is 25.2 Å². The van der Waals surface area contributed by atoms with Gasteiger partial charge < -0.3 is 19.6 Å². The van der Waals surface area contributed by atoms with E-state index in [1.807, 2.05) is 12.1 Å². The van der Waals surface area contributed by atoms with Gasteiger partial charge in [0.05, 0.1) is 11.5 Å². The topological polar surface area (TPSA) is 110 Å². The van der Waals surface area contributed by atoms with Crippen molar-refractivity contribution in [2.24, 2.45) is 0 Å². The third-order valence-corrected chi connectivity index (χ3v) is 11.4. The Hall–Kier alpha value is -5.05. The average molecular weight is 702 g/mol. The Balaban J connectivity index is 1.28. The predicted octanol–water partition coefficient (Wildman–Crippen LogP) is 4.17. The average Bonchev–Trinajstić information content (AvgIpc) is 3.40. The third kappa shape index (κ3) is 6.03. The van der Waals surface area contributed by atoms with Crippen LogP contribution in [-0.2, 0) is 31.1 Å². The van der Waals surface area contributed by atoms with Gasteiger partial charge in [-0.25, -0.2) is 9.37 Å². The molecular formula is C43H47N3O6. The molecule has 0 radical (unpaired) electrons. The van der Waals surface area contributed by atoms with E-state index in [4.69, 9.17) is 4.84 Å². The number of fused-ring (bicyclic) bond motifs is 4. The van der Waals surface area contributed by atoms with Crippen LogP contribution in [0.3, 0.4) is 0 Å². The van der Waals surface area contributed by atoms with Crippen LogP contribution in [0.15, 0.2) is 54.6 Å². The summed E-state index contributed by atoms with van der Waals surface area (Å²) in [7, 11) is 2.15. The van der Waals surface area contributed by atoms with Crippen LogP contribution in [0.1, 0.15) is 123 Å². The molecule has 0 aromatic heterocycles. The molecule has 1 fully saturated rings. The largest absolute Gasteiger partial charge is 0.545 e. The second kappa shape index (κ2) is 13.2. The molecule has 3 aromatic carbocycles. The van der Waals surface area contributed by atoms with E-state index < -0.39 is 29.2 Å². The number of hydrogen-bond acceptors (Lipinski definition) is 7. The molecule has 9 heteroatoms. The molecule has 0 unspecified atom stereocenters. The zero-order valence-electron chi connectivity index (χ0n) is 31.1. The zero-order valence-corrected chi connectivity index (χ0v) is 31.1. The number of unbranched alkanes of at least 4 members (excludes halogenated alkanes) is 2. The maximum Gasteiger partial charge on any atom is 0.333 e. The first-order valence-electron chi connectivity index (χ1n) is 18.5. The number of aromatic carboxylic acids is 1. The van der Waals surface area contributed by atoms with Crippen molar-refractivity contribution >= 4 is 40.6 Å². The summed E-state index contributed by atoms with van der Waals surface area (Å²) in [6.45, 7) is 12.9. The van der Waals surface area contributed by atoms with Crippen LogP contribution >= 0.6 is 0 Å². The number of carboxylic acids is 1. The summed E-state index contributed by atoms with van der Waals surface area (Å²) in [5, 5.41) is 15.5. The fourth-order valence-electron chi connectivity index (χ4n) is 8.78. The van der Waals surface area contributed by atoms with E-state index in [-0.39, 0.29) is 30.4 Å². The van der Waals surface area contributed by atoms with Gasteiger partial charge in [0.1, 0.15) is 13.6 Å². The van der Waals surface area contributed by atoms with E-state index in [1.54, 1.807) is 12.1 Å². The van der Waals surface area contributed by atoms with Crippen LogP contribution in [0.2, 0.25) is 0 Å². The molecule has 3 heterocycles. The van der Waals surface area contributed by atoms with Crippen molar-refractivity contribution in [1.29, 1.82) is 0 Å². The Morgan fingerprint density at radius 3 is 2.35 bits per heavy atom. The first kappa shape index (κ1) is 35.4. The van der Waals surface area contributed by atoms with E-state index in [9.17, 15) is 24.3 Å². The number of nitrogens with zero attached hydrogens (tertiary/aromatic N) is 3. The summed E-state index contributed by atoms with van der Waals surface area (Å²) >= 11 is 0. The second-order valence-corrected chi connectivity index (χ2v) is 15.8. The van der Waals surface area contributed by atoms with Gasteiger partial charge in [-0.2, -0.15) is 0 Å². The van der Waals surface area contributed by atoms with Crippen LogP contribution in [0.4, 0.5) is 5.69 Å². The van der Waals surface area contributed by atoms with Gasteiger partial charge in [0.25, 0.3) is 11.8 Å².